The summed E-state index contributed by atoms with van der Waals surface area (Å²) in [5.74, 6) is 0.476. The molecule has 0 heterocycles. The first-order valence-electron chi connectivity index (χ1n) is 7.58. The van der Waals surface area contributed by atoms with E-state index in [1.54, 1.807) is 0 Å². The summed E-state index contributed by atoms with van der Waals surface area (Å²) < 4.78 is 0. The summed E-state index contributed by atoms with van der Waals surface area (Å²) >= 11 is 0. The largest absolute Gasteiger partial charge is 0.346 e. The Labute approximate surface area is 117 Å². The van der Waals surface area contributed by atoms with Gasteiger partial charge in [0.25, 0.3) is 0 Å². The van der Waals surface area contributed by atoms with E-state index in [0.717, 1.165) is 12.8 Å². The lowest BCUT2D eigenvalue weighted by Gasteiger charge is -2.33. The van der Waals surface area contributed by atoms with Gasteiger partial charge in [0.15, 0.2) is 5.78 Å². The van der Waals surface area contributed by atoms with E-state index in [-0.39, 0.29) is 23.7 Å². The van der Waals surface area contributed by atoms with Gasteiger partial charge in [-0.3, -0.25) is 9.59 Å². The molecule has 1 saturated carbocycles. The van der Waals surface area contributed by atoms with Crippen molar-refractivity contribution in [2.45, 2.75) is 72.8 Å². The lowest BCUT2D eigenvalue weighted by atomic mass is 9.79. The molecule has 1 atom stereocenters. The first-order chi connectivity index (χ1) is 8.73. The fourth-order valence-electron chi connectivity index (χ4n) is 2.61. The van der Waals surface area contributed by atoms with Crippen molar-refractivity contribution in [2.75, 3.05) is 0 Å². The van der Waals surface area contributed by atoms with Crippen molar-refractivity contribution in [1.29, 1.82) is 0 Å². The highest BCUT2D eigenvalue weighted by molar-refractivity contribution is 5.91. The molecule has 0 aliphatic heterocycles. The molecule has 0 bridgehead atoms. The molecule has 1 aliphatic carbocycles. The maximum absolute atomic E-state index is 12.4. The third-order valence-electron chi connectivity index (χ3n) is 3.96. The molecule has 1 fully saturated rings. The van der Waals surface area contributed by atoms with Gasteiger partial charge in [-0.25, -0.2) is 0 Å². The standard InChI is InChI=1S/C16H29NO2/c1-11(2)14(18)13(12-9-7-6-8-10-12)17-15(19)16(3,4)5/h11-13H,6-10H2,1-5H3,(H,17,19). The molecule has 1 N–H and O–H groups in total. The van der Waals surface area contributed by atoms with E-state index in [0.29, 0.717) is 5.92 Å². The van der Waals surface area contributed by atoms with Crippen molar-refractivity contribution in [1.82, 2.24) is 5.32 Å². The molecule has 3 heteroatoms. The Balaban J connectivity index is 2.80. The van der Waals surface area contributed by atoms with Crippen LogP contribution in [0.5, 0.6) is 0 Å². The number of rotatable bonds is 4. The second-order valence-corrected chi connectivity index (χ2v) is 7.16. The normalized spacial score (nSPS) is 19.3. The number of hydrogen-bond acceptors (Lipinski definition) is 2. The molecular formula is C16H29NO2. The first-order valence-corrected chi connectivity index (χ1v) is 7.58. The number of nitrogens with one attached hydrogen (secondary N) is 1. The fourth-order valence-corrected chi connectivity index (χ4v) is 2.61. The molecule has 0 spiro atoms. The summed E-state index contributed by atoms with van der Waals surface area (Å²) in [7, 11) is 0. The van der Waals surface area contributed by atoms with E-state index in [4.69, 9.17) is 0 Å². The zero-order chi connectivity index (χ0) is 14.6. The van der Waals surface area contributed by atoms with E-state index in [9.17, 15) is 9.59 Å². The zero-order valence-electron chi connectivity index (χ0n) is 13.1. The van der Waals surface area contributed by atoms with E-state index in [1.165, 1.54) is 19.3 Å². The van der Waals surface area contributed by atoms with Gasteiger partial charge in [0.05, 0.1) is 6.04 Å². The average Bonchev–Trinajstić information content (AvgIpc) is 2.34. The highest BCUT2D eigenvalue weighted by Gasteiger charge is 2.34. The summed E-state index contributed by atoms with van der Waals surface area (Å²) in [6.45, 7) is 9.50. The molecule has 110 valence electrons. The minimum Gasteiger partial charge on any atom is -0.346 e. The third kappa shape index (κ3) is 4.63. The van der Waals surface area contributed by atoms with Gasteiger partial charge in [-0.1, -0.05) is 53.9 Å². The van der Waals surface area contributed by atoms with Gasteiger partial charge in [0.1, 0.15) is 0 Å². The fraction of sp³-hybridized carbons (Fsp3) is 0.875. The van der Waals surface area contributed by atoms with Crippen LogP contribution in [0.25, 0.3) is 0 Å². The quantitative estimate of drug-likeness (QED) is 0.849. The van der Waals surface area contributed by atoms with E-state index in [2.05, 4.69) is 5.32 Å². The lowest BCUT2D eigenvalue weighted by Crippen LogP contribution is -2.51. The number of hydrogen-bond donors (Lipinski definition) is 1. The summed E-state index contributed by atoms with van der Waals surface area (Å²) in [5, 5.41) is 3.02. The minimum atomic E-state index is -0.440. The van der Waals surface area contributed by atoms with Crippen LogP contribution in [0.15, 0.2) is 0 Å². The summed E-state index contributed by atoms with van der Waals surface area (Å²) in [6, 6.07) is -0.285. The monoisotopic (exact) mass is 267 g/mol. The van der Waals surface area contributed by atoms with Gasteiger partial charge >= 0.3 is 0 Å². The second kappa shape index (κ2) is 6.53. The molecule has 1 unspecified atom stereocenters. The maximum atomic E-state index is 12.4. The Morgan fingerprint density at radius 3 is 2.00 bits per heavy atom. The van der Waals surface area contributed by atoms with Gasteiger partial charge < -0.3 is 5.32 Å². The molecule has 1 rings (SSSR count). The topological polar surface area (TPSA) is 46.2 Å². The Bertz CT molecular complexity index is 322. The van der Waals surface area contributed by atoms with Crippen molar-refractivity contribution in [3.63, 3.8) is 0 Å². The van der Waals surface area contributed by atoms with Gasteiger partial charge in [-0.05, 0) is 18.8 Å². The number of Topliss-reactive ketones (excluding diaryl/α,β-unsaturated/α-hetero) is 1. The van der Waals surface area contributed by atoms with Crippen LogP contribution in [0.3, 0.4) is 0 Å². The molecule has 1 aliphatic rings. The van der Waals surface area contributed by atoms with Crippen LogP contribution < -0.4 is 5.32 Å². The first kappa shape index (κ1) is 16.2. The zero-order valence-corrected chi connectivity index (χ0v) is 13.1. The predicted octanol–water partition coefficient (Wildman–Crippen LogP) is 3.32. The summed E-state index contributed by atoms with van der Waals surface area (Å²) in [6.07, 6.45) is 5.74. The van der Waals surface area contributed by atoms with Crippen molar-refractivity contribution in [2.24, 2.45) is 17.3 Å². The molecule has 1 amide bonds. The van der Waals surface area contributed by atoms with E-state index < -0.39 is 5.41 Å². The van der Waals surface area contributed by atoms with Crippen LogP contribution >= 0.6 is 0 Å². The van der Waals surface area contributed by atoms with Crippen LogP contribution in [-0.4, -0.2) is 17.7 Å². The Morgan fingerprint density at radius 2 is 1.58 bits per heavy atom. The van der Waals surface area contributed by atoms with Gasteiger partial charge in [0, 0.05) is 11.3 Å². The predicted molar refractivity (Wildman–Crippen MR) is 77.8 cm³/mol. The SMILES string of the molecule is CC(C)C(=O)C(NC(=O)C(C)(C)C)C1CCCCC1. The summed E-state index contributed by atoms with van der Waals surface area (Å²) in [5.41, 5.74) is -0.440. The number of ketones is 1. The lowest BCUT2D eigenvalue weighted by molar-refractivity contribution is -0.135. The average molecular weight is 267 g/mol. The number of carbonyl (C=O) groups is 2. The Kier molecular flexibility index (Phi) is 5.57. The number of carbonyl (C=O) groups excluding carboxylic acids is 2. The van der Waals surface area contributed by atoms with Gasteiger partial charge in [-0.15, -0.1) is 0 Å². The van der Waals surface area contributed by atoms with Crippen LogP contribution in [0.4, 0.5) is 0 Å². The molecule has 0 saturated heterocycles. The smallest absolute Gasteiger partial charge is 0.225 e. The molecule has 0 aromatic rings. The molecular weight excluding hydrogens is 238 g/mol. The Morgan fingerprint density at radius 1 is 1.05 bits per heavy atom. The van der Waals surface area contributed by atoms with Crippen LogP contribution in [-0.2, 0) is 9.59 Å². The van der Waals surface area contributed by atoms with Crippen molar-refractivity contribution in [3.05, 3.63) is 0 Å². The van der Waals surface area contributed by atoms with Crippen LogP contribution in [0, 0.1) is 17.3 Å². The molecule has 0 aromatic carbocycles. The molecule has 0 radical (unpaired) electrons. The highest BCUT2D eigenvalue weighted by Crippen LogP contribution is 2.28. The molecule has 0 aromatic heterocycles. The number of amides is 1. The van der Waals surface area contributed by atoms with Crippen molar-refractivity contribution < 1.29 is 9.59 Å². The van der Waals surface area contributed by atoms with Crippen molar-refractivity contribution >= 4 is 11.7 Å². The van der Waals surface area contributed by atoms with Gasteiger partial charge in [0.2, 0.25) is 5.91 Å². The second-order valence-electron chi connectivity index (χ2n) is 7.16. The Hall–Kier alpha value is -0.860. The third-order valence-corrected chi connectivity index (χ3v) is 3.96. The summed E-state index contributed by atoms with van der Waals surface area (Å²) in [4.78, 5) is 24.6. The van der Waals surface area contributed by atoms with Crippen LogP contribution in [0.1, 0.15) is 66.7 Å². The minimum absolute atomic E-state index is 0.0166. The maximum Gasteiger partial charge on any atom is 0.225 e. The van der Waals surface area contributed by atoms with Gasteiger partial charge in [-0.2, -0.15) is 0 Å². The van der Waals surface area contributed by atoms with E-state index >= 15 is 0 Å². The van der Waals surface area contributed by atoms with Crippen molar-refractivity contribution in [3.8, 4) is 0 Å². The molecule has 19 heavy (non-hydrogen) atoms. The van der Waals surface area contributed by atoms with Crippen LogP contribution in [0.2, 0.25) is 0 Å². The highest BCUT2D eigenvalue weighted by atomic mass is 16.2. The van der Waals surface area contributed by atoms with E-state index in [1.807, 2.05) is 34.6 Å². The molecule has 3 nitrogen and oxygen atoms in total.